The highest BCUT2D eigenvalue weighted by Gasteiger charge is 2.42. The molecule has 2 saturated heterocycles. The van der Waals surface area contributed by atoms with E-state index in [0.717, 1.165) is 49.1 Å². The second kappa shape index (κ2) is 9.75. The first-order valence-corrected chi connectivity index (χ1v) is 11.7. The second-order valence-electron chi connectivity index (χ2n) is 9.39. The normalized spacial score (nSPS) is 24.2. The van der Waals surface area contributed by atoms with Gasteiger partial charge in [0.2, 0.25) is 5.88 Å². The van der Waals surface area contributed by atoms with E-state index in [2.05, 4.69) is 9.88 Å². The molecular formula is C24H24Cl2F4N2O3. The average molecular weight is 535 g/mol. The Balaban J connectivity index is 0.00000289. The summed E-state index contributed by atoms with van der Waals surface area (Å²) in [5.74, 6) is -1.71. The lowest BCUT2D eigenvalue weighted by Gasteiger charge is -2.39. The Morgan fingerprint density at radius 3 is 2.34 bits per heavy atom. The van der Waals surface area contributed by atoms with E-state index in [4.69, 9.17) is 16.3 Å². The van der Waals surface area contributed by atoms with E-state index in [0.29, 0.717) is 19.4 Å². The van der Waals surface area contributed by atoms with Gasteiger partial charge in [0.25, 0.3) is 0 Å². The summed E-state index contributed by atoms with van der Waals surface area (Å²) in [5, 5.41) is 9.12. The molecule has 5 rings (SSSR count). The number of nitrogens with zero attached hydrogens (tertiary/aromatic N) is 2. The Kier molecular flexibility index (Phi) is 7.23. The van der Waals surface area contributed by atoms with Crippen LogP contribution in [-0.2, 0) is 12.7 Å². The van der Waals surface area contributed by atoms with Gasteiger partial charge in [0.1, 0.15) is 16.9 Å². The molecule has 0 radical (unpaired) electrons. The molecule has 3 fully saturated rings. The van der Waals surface area contributed by atoms with Gasteiger partial charge in [-0.2, -0.15) is 13.2 Å². The van der Waals surface area contributed by atoms with Crippen molar-refractivity contribution in [1.29, 1.82) is 0 Å². The molecule has 1 saturated carbocycles. The number of hydrogen-bond donors (Lipinski definition) is 1. The fraction of sp³-hybridized carbons (Fsp3) is 0.500. The Hall–Kier alpha value is -2.10. The van der Waals surface area contributed by atoms with E-state index in [9.17, 15) is 27.5 Å². The lowest BCUT2D eigenvalue weighted by atomic mass is 9.95. The first-order chi connectivity index (χ1) is 16.1. The highest BCUT2D eigenvalue weighted by Crippen LogP contribution is 2.45. The van der Waals surface area contributed by atoms with Crippen molar-refractivity contribution < 1.29 is 32.2 Å². The molecule has 35 heavy (non-hydrogen) atoms. The zero-order valence-corrected chi connectivity index (χ0v) is 20.1. The number of rotatable bonds is 6. The lowest BCUT2D eigenvalue weighted by Crippen LogP contribution is -2.46. The predicted molar refractivity (Wildman–Crippen MR) is 123 cm³/mol. The molecule has 3 aliphatic rings. The number of fused-ring (bicyclic) bond motifs is 2. The quantitative estimate of drug-likeness (QED) is 0.430. The van der Waals surface area contributed by atoms with Gasteiger partial charge in [0, 0.05) is 24.8 Å². The first-order valence-electron chi connectivity index (χ1n) is 11.3. The monoisotopic (exact) mass is 534 g/mol. The number of carboxylic acid groups (broad SMARTS) is 1. The Morgan fingerprint density at radius 1 is 1.14 bits per heavy atom. The molecule has 2 bridgehead atoms. The molecule has 3 atom stereocenters. The van der Waals surface area contributed by atoms with Crippen LogP contribution in [0.15, 0.2) is 24.4 Å². The van der Waals surface area contributed by atoms with E-state index >= 15 is 0 Å². The number of aromatic carboxylic acids is 1. The third kappa shape index (κ3) is 5.37. The molecule has 1 N–H and O–H groups in total. The van der Waals surface area contributed by atoms with E-state index in [1.807, 2.05) is 0 Å². The first kappa shape index (κ1) is 26.0. The number of alkyl halides is 3. The number of hydrogen-bond acceptors (Lipinski definition) is 4. The topological polar surface area (TPSA) is 62.7 Å². The fourth-order valence-corrected chi connectivity index (χ4v) is 5.52. The smallest absolute Gasteiger partial charge is 0.417 e. The maximum Gasteiger partial charge on any atom is 0.417 e. The van der Waals surface area contributed by atoms with Gasteiger partial charge < -0.3 is 9.84 Å². The summed E-state index contributed by atoms with van der Waals surface area (Å²) in [6.45, 7) is 0.532. The minimum Gasteiger partial charge on any atom is -0.478 e. The number of pyridine rings is 1. The van der Waals surface area contributed by atoms with Gasteiger partial charge >= 0.3 is 12.1 Å². The maximum atomic E-state index is 14.5. The standard InChI is InChI=1S/C24H23ClF4N2O3.ClH/c25-20-6-14(24(27,28)29)10-30-22(20)34-17-7-15-3-4-16(8-17)31(15)11-13-5-21(26)19(23(32)33)9-18(13)12-1-2-12;/h5-6,9-10,12,15-17H,1-4,7-8,11H2,(H,32,33);1H/t15-,16+,17?;. The van der Waals surface area contributed by atoms with Gasteiger partial charge in [0.05, 0.1) is 11.1 Å². The lowest BCUT2D eigenvalue weighted by molar-refractivity contribution is -0.137. The van der Waals surface area contributed by atoms with Crippen molar-refractivity contribution in [3.63, 3.8) is 0 Å². The van der Waals surface area contributed by atoms with Crippen LogP contribution >= 0.6 is 24.0 Å². The predicted octanol–water partition coefficient (Wildman–Crippen LogP) is 6.46. The van der Waals surface area contributed by atoms with Gasteiger partial charge in [-0.3, -0.25) is 4.90 Å². The molecular weight excluding hydrogens is 511 g/mol. The molecule has 0 spiro atoms. The number of aromatic nitrogens is 1. The van der Waals surface area contributed by atoms with Gasteiger partial charge in [-0.1, -0.05) is 11.6 Å². The zero-order valence-electron chi connectivity index (χ0n) is 18.5. The molecule has 1 unspecified atom stereocenters. The Bertz CT molecular complexity index is 1110. The SMILES string of the molecule is Cl.O=C(O)c1cc(C2CC2)c(CN2[C@@H]3CC[C@H]2CC(Oc2ncc(C(F)(F)F)cc2Cl)C3)cc1F. The molecule has 2 aromatic rings. The van der Waals surface area contributed by atoms with E-state index in [1.165, 1.54) is 12.1 Å². The van der Waals surface area contributed by atoms with Crippen LogP contribution in [0.3, 0.4) is 0 Å². The van der Waals surface area contributed by atoms with Crippen molar-refractivity contribution in [2.45, 2.75) is 75.4 Å². The third-order valence-electron chi connectivity index (χ3n) is 7.08. The maximum absolute atomic E-state index is 14.5. The molecule has 190 valence electrons. The number of carbonyl (C=O) groups is 1. The summed E-state index contributed by atoms with van der Waals surface area (Å²) < 4.78 is 59.0. The average Bonchev–Trinajstić information content (AvgIpc) is 3.56. The molecule has 2 aliphatic heterocycles. The number of carboxylic acids is 1. The van der Waals surface area contributed by atoms with E-state index in [1.54, 1.807) is 0 Å². The van der Waals surface area contributed by atoms with Crippen LogP contribution in [0.2, 0.25) is 5.02 Å². The number of ether oxygens (including phenoxy) is 1. The van der Waals surface area contributed by atoms with Crippen molar-refractivity contribution in [3.05, 3.63) is 57.5 Å². The molecule has 3 heterocycles. The van der Waals surface area contributed by atoms with Crippen LogP contribution in [-0.4, -0.2) is 39.1 Å². The highest BCUT2D eigenvalue weighted by molar-refractivity contribution is 6.31. The van der Waals surface area contributed by atoms with Crippen molar-refractivity contribution in [2.24, 2.45) is 0 Å². The summed E-state index contributed by atoms with van der Waals surface area (Å²) in [6, 6.07) is 4.02. The van der Waals surface area contributed by atoms with E-state index in [-0.39, 0.29) is 53.0 Å². The van der Waals surface area contributed by atoms with Crippen molar-refractivity contribution in [2.75, 3.05) is 0 Å². The summed E-state index contributed by atoms with van der Waals surface area (Å²) in [7, 11) is 0. The summed E-state index contributed by atoms with van der Waals surface area (Å²) in [5.41, 5.74) is 0.528. The minimum atomic E-state index is -4.53. The van der Waals surface area contributed by atoms with Crippen molar-refractivity contribution in [3.8, 4) is 5.88 Å². The minimum absolute atomic E-state index is 0. The molecule has 5 nitrogen and oxygen atoms in total. The number of halogens is 6. The van der Waals surface area contributed by atoms with Gasteiger partial charge in [-0.25, -0.2) is 14.2 Å². The van der Waals surface area contributed by atoms with Crippen LogP contribution in [0, 0.1) is 5.82 Å². The Labute approximate surface area is 210 Å². The summed E-state index contributed by atoms with van der Waals surface area (Å²) in [6.07, 6.45) is 1.10. The van der Waals surface area contributed by atoms with Crippen LogP contribution in [0.5, 0.6) is 5.88 Å². The van der Waals surface area contributed by atoms with Crippen LogP contribution in [0.4, 0.5) is 17.6 Å². The van der Waals surface area contributed by atoms with Crippen molar-refractivity contribution in [1.82, 2.24) is 9.88 Å². The molecule has 1 aromatic carbocycles. The zero-order chi connectivity index (χ0) is 24.2. The second-order valence-corrected chi connectivity index (χ2v) is 9.79. The Morgan fingerprint density at radius 2 is 1.80 bits per heavy atom. The van der Waals surface area contributed by atoms with Crippen LogP contribution in [0.1, 0.15) is 71.5 Å². The molecule has 1 aromatic heterocycles. The van der Waals surface area contributed by atoms with Crippen LogP contribution < -0.4 is 4.74 Å². The molecule has 1 aliphatic carbocycles. The van der Waals surface area contributed by atoms with Gasteiger partial charge in [-0.05, 0) is 73.8 Å². The summed E-state index contributed by atoms with van der Waals surface area (Å²) >= 11 is 6.01. The van der Waals surface area contributed by atoms with Gasteiger partial charge in [0.15, 0.2) is 0 Å². The number of piperidine rings is 1. The molecule has 0 amide bonds. The fourth-order valence-electron chi connectivity index (χ4n) is 5.31. The molecule has 11 heteroatoms. The van der Waals surface area contributed by atoms with E-state index < -0.39 is 23.5 Å². The van der Waals surface area contributed by atoms with Crippen LogP contribution in [0.25, 0.3) is 0 Å². The third-order valence-corrected chi connectivity index (χ3v) is 7.35. The van der Waals surface area contributed by atoms with Gasteiger partial charge in [-0.15, -0.1) is 12.4 Å². The largest absolute Gasteiger partial charge is 0.478 e. The highest BCUT2D eigenvalue weighted by atomic mass is 35.5. The van der Waals surface area contributed by atoms with Crippen molar-refractivity contribution >= 4 is 30.0 Å². The number of benzene rings is 1. The summed E-state index contributed by atoms with van der Waals surface area (Å²) in [4.78, 5) is 17.5.